The zero-order chi connectivity index (χ0) is 25.3. The van der Waals surface area contributed by atoms with Gasteiger partial charge in [0.1, 0.15) is 5.75 Å². The molecule has 0 aliphatic heterocycles. The molecule has 0 aliphatic rings. The van der Waals surface area contributed by atoms with Crippen LogP contribution in [0.3, 0.4) is 0 Å². The van der Waals surface area contributed by atoms with Gasteiger partial charge >= 0.3 is 0 Å². The van der Waals surface area contributed by atoms with E-state index in [1.54, 1.807) is 26.4 Å². The summed E-state index contributed by atoms with van der Waals surface area (Å²) < 4.78 is 43.7. The highest BCUT2D eigenvalue weighted by molar-refractivity contribution is 7.89. The van der Waals surface area contributed by atoms with E-state index in [0.29, 0.717) is 30.2 Å². The van der Waals surface area contributed by atoms with E-state index < -0.39 is 10.0 Å². The number of amides is 1. The monoisotopic (exact) mass is 498 g/mol. The van der Waals surface area contributed by atoms with Crippen LogP contribution in [0.5, 0.6) is 17.2 Å². The molecule has 35 heavy (non-hydrogen) atoms. The molecule has 3 aromatic rings. The van der Waals surface area contributed by atoms with Crippen LogP contribution in [0.25, 0.3) is 0 Å². The van der Waals surface area contributed by atoms with E-state index in [9.17, 15) is 13.2 Å². The van der Waals surface area contributed by atoms with Crippen molar-refractivity contribution in [3.05, 3.63) is 83.9 Å². The Hall–Kier alpha value is -3.56. The molecule has 186 valence electrons. The molecule has 0 aromatic heterocycles. The molecule has 0 saturated heterocycles. The lowest BCUT2D eigenvalue weighted by molar-refractivity contribution is -0.123. The van der Waals surface area contributed by atoms with Gasteiger partial charge in [-0.25, -0.2) is 13.1 Å². The Labute approximate surface area is 206 Å². The van der Waals surface area contributed by atoms with Crippen LogP contribution in [0, 0.1) is 0 Å². The highest BCUT2D eigenvalue weighted by atomic mass is 32.2. The first-order valence-corrected chi connectivity index (χ1v) is 12.6. The molecular formula is C26H30N2O6S. The largest absolute Gasteiger partial charge is 0.493 e. The average molecular weight is 499 g/mol. The minimum atomic E-state index is -3.64. The van der Waals surface area contributed by atoms with Gasteiger partial charge in [0.2, 0.25) is 10.0 Å². The van der Waals surface area contributed by atoms with Crippen molar-refractivity contribution >= 4 is 15.9 Å². The minimum Gasteiger partial charge on any atom is -0.493 e. The maximum atomic E-state index is 12.5. The summed E-state index contributed by atoms with van der Waals surface area (Å²) in [5.41, 5.74) is 1.91. The Kier molecular flexibility index (Phi) is 9.11. The van der Waals surface area contributed by atoms with Gasteiger partial charge in [-0.3, -0.25) is 4.79 Å². The number of carbonyl (C=O) groups excluding carboxylic acids is 1. The van der Waals surface area contributed by atoms with Crippen LogP contribution >= 0.6 is 0 Å². The highest BCUT2D eigenvalue weighted by Gasteiger charge is 2.15. The molecule has 0 radical (unpaired) electrons. The second kappa shape index (κ2) is 12.2. The Bertz CT molecular complexity index is 1210. The smallest absolute Gasteiger partial charge is 0.258 e. The molecule has 1 atom stereocenters. The SMILES string of the molecule is COc1ccc([C@H](C)NC(=O)COc2ccc(S(=O)(=O)NCCc3ccccc3)cc2)cc1OC. The molecule has 0 spiro atoms. The maximum absolute atomic E-state index is 12.5. The topological polar surface area (TPSA) is 103 Å². The Morgan fingerprint density at radius 3 is 2.26 bits per heavy atom. The fourth-order valence-corrected chi connectivity index (χ4v) is 4.44. The predicted octanol–water partition coefficient (Wildman–Crippen LogP) is 3.48. The van der Waals surface area contributed by atoms with Gasteiger partial charge in [-0.2, -0.15) is 0 Å². The Morgan fingerprint density at radius 2 is 1.60 bits per heavy atom. The van der Waals surface area contributed by atoms with Gasteiger partial charge in [0, 0.05) is 6.54 Å². The third-order valence-electron chi connectivity index (χ3n) is 5.34. The van der Waals surface area contributed by atoms with Gasteiger partial charge in [-0.1, -0.05) is 36.4 Å². The van der Waals surface area contributed by atoms with Crippen molar-refractivity contribution in [2.45, 2.75) is 24.3 Å². The maximum Gasteiger partial charge on any atom is 0.258 e. The van der Waals surface area contributed by atoms with E-state index in [1.165, 1.54) is 24.3 Å². The molecule has 0 bridgehead atoms. The molecule has 3 rings (SSSR count). The van der Waals surface area contributed by atoms with Crippen molar-refractivity contribution in [2.24, 2.45) is 0 Å². The van der Waals surface area contributed by atoms with Gasteiger partial charge in [-0.15, -0.1) is 0 Å². The fraction of sp³-hybridized carbons (Fsp3) is 0.269. The van der Waals surface area contributed by atoms with Crippen LogP contribution in [-0.4, -0.2) is 41.7 Å². The molecule has 3 aromatic carbocycles. The molecular weight excluding hydrogens is 468 g/mol. The quantitative estimate of drug-likeness (QED) is 0.396. The summed E-state index contributed by atoms with van der Waals surface area (Å²) in [6, 6.07) is 20.7. The molecule has 0 fully saturated rings. The summed E-state index contributed by atoms with van der Waals surface area (Å²) in [7, 11) is -0.528. The van der Waals surface area contributed by atoms with E-state index in [-0.39, 0.29) is 23.5 Å². The molecule has 1 amide bonds. The predicted molar refractivity (Wildman–Crippen MR) is 133 cm³/mol. The lowest BCUT2D eigenvalue weighted by atomic mass is 10.1. The first kappa shape index (κ1) is 26.1. The molecule has 0 heterocycles. The second-order valence-corrected chi connectivity index (χ2v) is 9.56. The van der Waals surface area contributed by atoms with Crippen LogP contribution in [0.15, 0.2) is 77.7 Å². The number of hydrogen-bond acceptors (Lipinski definition) is 6. The summed E-state index contributed by atoms with van der Waals surface area (Å²) >= 11 is 0. The molecule has 2 N–H and O–H groups in total. The van der Waals surface area contributed by atoms with E-state index >= 15 is 0 Å². The summed E-state index contributed by atoms with van der Waals surface area (Å²) in [5, 5.41) is 2.86. The van der Waals surface area contributed by atoms with Gasteiger partial charge in [-0.05, 0) is 60.9 Å². The van der Waals surface area contributed by atoms with Crippen molar-refractivity contribution in [3.8, 4) is 17.2 Å². The van der Waals surface area contributed by atoms with E-state index in [1.807, 2.05) is 43.3 Å². The summed E-state index contributed by atoms with van der Waals surface area (Å²) in [6.07, 6.45) is 0.595. The highest BCUT2D eigenvalue weighted by Crippen LogP contribution is 2.29. The lowest BCUT2D eigenvalue weighted by Gasteiger charge is -2.17. The van der Waals surface area contributed by atoms with Crippen molar-refractivity contribution in [1.29, 1.82) is 0 Å². The van der Waals surface area contributed by atoms with Gasteiger partial charge in [0.15, 0.2) is 18.1 Å². The van der Waals surface area contributed by atoms with Crippen molar-refractivity contribution in [3.63, 3.8) is 0 Å². The number of carbonyl (C=O) groups is 1. The van der Waals surface area contributed by atoms with Crippen LogP contribution in [0.2, 0.25) is 0 Å². The number of benzene rings is 3. The van der Waals surface area contributed by atoms with E-state index in [4.69, 9.17) is 14.2 Å². The normalized spacial score (nSPS) is 12.0. The van der Waals surface area contributed by atoms with Gasteiger partial charge < -0.3 is 19.5 Å². The number of hydrogen-bond donors (Lipinski definition) is 2. The first-order valence-electron chi connectivity index (χ1n) is 11.1. The van der Waals surface area contributed by atoms with Gasteiger partial charge in [0.05, 0.1) is 25.2 Å². The molecule has 0 aliphatic carbocycles. The standard InChI is InChI=1S/C26H30N2O6S/c1-19(21-9-14-24(32-2)25(17-21)33-3)28-26(29)18-34-22-10-12-23(13-11-22)35(30,31)27-16-15-20-7-5-4-6-8-20/h4-14,17,19,27H,15-16,18H2,1-3H3,(H,28,29)/t19-/m0/s1. The first-order chi connectivity index (χ1) is 16.8. The number of nitrogens with one attached hydrogen (secondary N) is 2. The molecule has 0 saturated carbocycles. The lowest BCUT2D eigenvalue weighted by Crippen LogP contribution is -2.31. The zero-order valence-corrected chi connectivity index (χ0v) is 20.8. The van der Waals surface area contributed by atoms with Crippen LogP contribution in [-0.2, 0) is 21.2 Å². The van der Waals surface area contributed by atoms with Crippen LogP contribution < -0.4 is 24.2 Å². The Balaban J connectivity index is 1.49. The zero-order valence-electron chi connectivity index (χ0n) is 20.0. The third kappa shape index (κ3) is 7.46. The molecule has 0 unspecified atom stereocenters. The van der Waals surface area contributed by atoms with Crippen LogP contribution in [0.1, 0.15) is 24.1 Å². The van der Waals surface area contributed by atoms with Crippen molar-refractivity contribution in [1.82, 2.24) is 10.0 Å². The van der Waals surface area contributed by atoms with E-state index in [2.05, 4.69) is 10.0 Å². The van der Waals surface area contributed by atoms with Crippen molar-refractivity contribution < 1.29 is 27.4 Å². The molecule has 9 heteroatoms. The molecule has 8 nitrogen and oxygen atoms in total. The summed E-state index contributed by atoms with van der Waals surface area (Å²) in [6.45, 7) is 1.94. The number of sulfonamides is 1. The summed E-state index contributed by atoms with van der Waals surface area (Å²) in [5.74, 6) is 1.26. The number of rotatable bonds is 12. The number of methoxy groups -OCH3 is 2. The minimum absolute atomic E-state index is 0.129. The number of ether oxygens (including phenoxy) is 3. The van der Waals surface area contributed by atoms with Crippen LogP contribution in [0.4, 0.5) is 0 Å². The van der Waals surface area contributed by atoms with Gasteiger partial charge in [0.25, 0.3) is 5.91 Å². The van der Waals surface area contributed by atoms with Crippen molar-refractivity contribution in [2.75, 3.05) is 27.4 Å². The summed E-state index contributed by atoms with van der Waals surface area (Å²) in [4.78, 5) is 12.5. The average Bonchev–Trinajstić information content (AvgIpc) is 2.87. The second-order valence-electron chi connectivity index (χ2n) is 7.80. The Morgan fingerprint density at radius 1 is 0.914 bits per heavy atom. The third-order valence-corrected chi connectivity index (χ3v) is 6.81. The fourth-order valence-electron chi connectivity index (χ4n) is 3.41. The van der Waals surface area contributed by atoms with E-state index in [0.717, 1.165) is 11.1 Å².